The van der Waals surface area contributed by atoms with Gasteiger partial charge in [0.15, 0.2) is 0 Å². The van der Waals surface area contributed by atoms with E-state index in [9.17, 15) is 5.11 Å². The summed E-state index contributed by atoms with van der Waals surface area (Å²) in [5.41, 5.74) is 2.28. The van der Waals surface area contributed by atoms with Gasteiger partial charge in [0, 0.05) is 11.4 Å². The van der Waals surface area contributed by atoms with Gasteiger partial charge in [0.1, 0.15) is 0 Å². The Kier molecular flexibility index (Phi) is 4.91. The number of aliphatic hydroxyl groups excluding tert-OH is 1. The molecule has 0 bridgehead atoms. The molecule has 0 radical (unpaired) electrons. The monoisotopic (exact) mass is 306 g/mol. The van der Waals surface area contributed by atoms with Gasteiger partial charge in [-0.05, 0) is 61.1 Å². The highest BCUT2D eigenvalue weighted by Crippen LogP contribution is 2.44. The summed E-state index contributed by atoms with van der Waals surface area (Å²) >= 11 is 6.31. The SMILES string of the molecule is Cc1ccc(CC(O)C2CCC3CCCCC3C2)c(Cl)c1. The Balaban J connectivity index is 1.61. The number of hydrogen-bond acceptors (Lipinski definition) is 1. The molecule has 1 aromatic carbocycles. The first-order chi connectivity index (χ1) is 10.1. The van der Waals surface area contributed by atoms with Crippen LogP contribution in [0.5, 0.6) is 0 Å². The second kappa shape index (κ2) is 6.71. The second-order valence-electron chi connectivity index (χ2n) is 7.24. The summed E-state index contributed by atoms with van der Waals surface area (Å²) in [6.07, 6.45) is 9.88. The fourth-order valence-electron chi connectivity index (χ4n) is 4.47. The first-order valence-electron chi connectivity index (χ1n) is 8.56. The van der Waals surface area contributed by atoms with Gasteiger partial charge in [0.2, 0.25) is 0 Å². The van der Waals surface area contributed by atoms with Crippen molar-refractivity contribution in [1.82, 2.24) is 0 Å². The van der Waals surface area contributed by atoms with Crippen molar-refractivity contribution in [3.05, 3.63) is 34.3 Å². The van der Waals surface area contributed by atoms with Gasteiger partial charge < -0.3 is 5.11 Å². The molecule has 0 aromatic heterocycles. The molecule has 1 aromatic rings. The molecule has 3 rings (SSSR count). The summed E-state index contributed by atoms with van der Waals surface area (Å²) in [4.78, 5) is 0. The fourth-order valence-corrected chi connectivity index (χ4v) is 4.78. The van der Waals surface area contributed by atoms with Gasteiger partial charge in [-0.1, -0.05) is 49.4 Å². The predicted molar refractivity (Wildman–Crippen MR) is 88.7 cm³/mol. The van der Waals surface area contributed by atoms with E-state index in [0.717, 1.165) is 22.4 Å². The molecule has 4 atom stereocenters. The minimum atomic E-state index is -0.229. The minimum absolute atomic E-state index is 0.229. The molecule has 2 aliphatic carbocycles. The Labute approximate surface area is 133 Å². The number of fused-ring (bicyclic) bond motifs is 1. The summed E-state index contributed by atoms with van der Waals surface area (Å²) in [5.74, 6) is 2.30. The molecule has 2 aliphatic rings. The highest BCUT2D eigenvalue weighted by atomic mass is 35.5. The van der Waals surface area contributed by atoms with E-state index in [1.54, 1.807) is 0 Å². The average Bonchev–Trinajstić information content (AvgIpc) is 2.49. The molecule has 0 amide bonds. The van der Waals surface area contributed by atoms with E-state index in [-0.39, 0.29) is 6.10 Å². The Morgan fingerprint density at radius 3 is 2.67 bits per heavy atom. The Morgan fingerprint density at radius 1 is 1.14 bits per heavy atom. The Morgan fingerprint density at radius 2 is 1.90 bits per heavy atom. The maximum absolute atomic E-state index is 10.7. The normalized spacial score (nSPS) is 30.7. The standard InChI is InChI=1S/C19H27ClO/c1-13-6-7-16(18(20)10-13)12-19(21)17-9-8-14-4-2-3-5-15(14)11-17/h6-7,10,14-15,17,19,21H,2-5,8-9,11-12H2,1H3. The van der Waals surface area contributed by atoms with Crippen LogP contribution in [-0.4, -0.2) is 11.2 Å². The van der Waals surface area contributed by atoms with Crippen molar-refractivity contribution in [1.29, 1.82) is 0 Å². The van der Waals surface area contributed by atoms with Gasteiger partial charge >= 0.3 is 0 Å². The van der Waals surface area contributed by atoms with Crippen LogP contribution in [0.4, 0.5) is 0 Å². The lowest BCUT2D eigenvalue weighted by Crippen LogP contribution is -2.34. The zero-order valence-electron chi connectivity index (χ0n) is 13.0. The number of aryl methyl sites for hydroxylation is 1. The van der Waals surface area contributed by atoms with Crippen LogP contribution in [0.2, 0.25) is 5.02 Å². The summed E-state index contributed by atoms with van der Waals surface area (Å²) < 4.78 is 0. The van der Waals surface area contributed by atoms with Crippen LogP contribution in [0, 0.1) is 24.7 Å². The lowest BCUT2D eigenvalue weighted by Gasteiger charge is -2.40. The fraction of sp³-hybridized carbons (Fsp3) is 0.684. The molecule has 1 N–H and O–H groups in total. The van der Waals surface area contributed by atoms with Gasteiger partial charge in [-0.2, -0.15) is 0 Å². The number of benzene rings is 1. The smallest absolute Gasteiger partial charge is 0.0609 e. The van der Waals surface area contributed by atoms with Crippen molar-refractivity contribution in [3.8, 4) is 0 Å². The first-order valence-corrected chi connectivity index (χ1v) is 8.94. The van der Waals surface area contributed by atoms with E-state index in [1.165, 1.54) is 50.5 Å². The van der Waals surface area contributed by atoms with Crippen LogP contribution in [0.3, 0.4) is 0 Å². The maximum Gasteiger partial charge on any atom is 0.0609 e. The topological polar surface area (TPSA) is 20.2 Å². The Bertz CT molecular complexity index is 484. The Hall–Kier alpha value is -0.530. The minimum Gasteiger partial charge on any atom is -0.392 e. The predicted octanol–water partition coefficient (Wildman–Crippen LogP) is 5.16. The van der Waals surface area contributed by atoms with Gasteiger partial charge in [-0.25, -0.2) is 0 Å². The molecule has 21 heavy (non-hydrogen) atoms. The van der Waals surface area contributed by atoms with Gasteiger partial charge in [-0.3, -0.25) is 0 Å². The summed E-state index contributed by atoms with van der Waals surface area (Å²) in [6.45, 7) is 2.05. The number of halogens is 1. The largest absolute Gasteiger partial charge is 0.392 e. The molecule has 116 valence electrons. The van der Waals surface area contributed by atoms with Crippen molar-refractivity contribution in [2.24, 2.45) is 17.8 Å². The summed E-state index contributed by atoms with van der Waals surface area (Å²) in [5, 5.41) is 11.5. The van der Waals surface area contributed by atoms with Gasteiger partial charge in [-0.15, -0.1) is 0 Å². The summed E-state index contributed by atoms with van der Waals surface area (Å²) in [6, 6.07) is 6.17. The molecule has 2 saturated carbocycles. The molecule has 4 unspecified atom stereocenters. The first kappa shape index (κ1) is 15.4. The van der Waals surface area contributed by atoms with Crippen LogP contribution in [0.15, 0.2) is 18.2 Å². The van der Waals surface area contributed by atoms with Gasteiger partial charge in [0.05, 0.1) is 6.10 Å². The molecular weight excluding hydrogens is 280 g/mol. The molecule has 1 nitrogen and oxygen atoms in total. The van der Waals surface area contributed by atoms with Crippen LogP contribution >= 0.6 is 11.6 Å². The number of aliphatic hydroxyl groups is 1. The second-order valence-corrected chi connectivity index (χ2v) is 7.65. The zero-order chi connectivity index (χ0) is 14.8. The summed E-state index contributed by atoms with van der Waals surface area (Å²) in [7, 11) is 0. The highest BCUT2D eigenvalue weighted by Gasteiger charge is 2.34. The molecular formula is C19H27ClO. The molecule has 2 heteroatoms. The maximum atomic E-state index is 10.7. The number of rotatable bonds is 3. The van der Waals surface area contributed by atoms with Crippen LogP contribution < -0.4 is 0 Å². The quantitative estimate of drug-likeness (QED) is 0.818. The van der Waals surface area contributed by atoms with Crippen LogP contribution in [0.25, 0.3) is 0 Å². The van der Waals surface area contributed by atoms with Crippen LogP contribution in [0.1, 0.15) is 56.1 Å². The van der Waals surface area contributed by atoms with Gasteiger partial charge in [0.25, 0.3) is 0 Å². The van der Waals surface area contributed by atoms with Crippen molar-refractivity contribution < 1.29 is 5.11 Å². The van der Waals surface area contributed by atoms with E-state index < -0.39 is 0 Å². The van der Waals surface area contributed by atoms with E-state index in [2.05, 4.69) is 19.1 Å². The zero-order valence-corrected chi connectivity index (χ0v) is 13.8. The highest BCUT2D eigenvalue weighted by molar-refractivity contribution is 6.31. The van der Waals surface area contributed by atoms with Crippen molar-refractivity contribution in [3.63, 3.8) is 0 Å². The third-order valence-electron chi connectivity index (χ3n) is 5.76. The van der Waals surface area contributed by atoms with E-state index in [0.29, 0.717) is 12.3 Å². The van der Waals surface area contributed by atoms with Crippen molar-refractivity contribution >= 4 is 11.6 Å². The van der Waals surface area contributed by atoms with E-state index >= 15 is 0 Å². The average molecular weight is 307 g/mol. The molecule has 0 saturated heterocycles. The third-order valence-corrected chi connectivity index (χ3v) is 6.11. The van der Waals surface area contributed by atoms with Crippen molar-refractivity contribution in [2.75, 3.05) is 0 Å². The van der Waals surface area contributed by atoms with Crippen LogP contribution in [-0.2, 0) is 6.42 Å². The molecule has 2 fully saturated rings. The number of hydrogen-bond donors (Lipinski definition) is 1. The lowest BCUT2D eigenvalue weighted by molar-refractivity contribution is 0.0361. The third kappa shape index (κ3) is 3.63. The molecule has 0 spiro atoms. The van der Waals surface area contributed by atoms with E-state index in [4.69, 9.17) is 11.6 Å². The molecule has 0 heterocycles. The molecule has 0 aliphatic heterocycles. The van der Waals surface area contributed by atoms with Crippen molar-refractivity contribution in [2.45, 2.75) is 64.4 Å². The lowest BCUT2D eigenvalue weighted by atomic mass is 9.66. The van der Waals surface area contributed by atoms with E-state index in [1.807, 2.05) is 6.07 Å².